The molecule has 0 aliphatic heterocycles. The van der Waals surface area contributed by atoms with E-state index in [1.165, 1.54) is 0 Å². The zero-order chi connectivity index (χ0) is 20.2. The molecule has 2 aromatic carbocycles. The molecule has 0 fully saturated rings. The zero-order valence-electron chi connectivity index (χ0n) is 16.5. The summed E-state index contributed by atoms with van der Waals surface area (Å²) in [6.07, 6.45) is 0. The third kappa shape index (κ3) is 8.14. The molecule has 0 aliphatic rings. The van der Waals surface area contributed by atoms with Crippen molar-refractivity contribution in [3.63, 3.8) is 0 Å². The first-order chi connectivity index (χ1) is 13.6. The number of hydrogen-bond acceptors (Lipinski definition) is 5. The van der Waals surface area contributed by atoms with Crippen LogP contribution in [0, 0.1) is 0 Å². The molecule has 2 rings (SSSR count). The Kier molecular flexibility index (Phi) is 8.88. The molecule has 0 radical (unpaired) electrons. The van der Waals surface area contributed by atoms with Crippen LogP contribution in [0.3, 0.4) is 0 Å². The van der Waals surface area contributed by atoms with Gasteiger partial charge in [-0.05, 0) is 55.8 Å². The molecule has 0 atom stereocenters. The molecule has 28 heavy (non-hydrogen) atoms. The highest BCUT2D eigenvalue weighted by Gasteiger charge is 2.04. The lowest BCUT2D eigenvalue weighted by atomic mass is 10.3. The van der Waals surface area contributed by atoms with Crippen molar-refractivity contribution in [2.75, 3.05) is 43.6 Å². The van der Waals surface area contributed by atoms with Crippen LogP contribution in [0.15, 0.2) is 60.7 Å². The summed E-state index contributed by atoms with van der Waals surface area (Å²) >= 11 is 0. The SMILES string of the molecule is C=C(C)COc1ccc(NC(=O)CNc2cccc(OCCOCC)c2)cc1. The highest BCUT2D eigenvalue weighted by Crippen LogP contribution is 2.18. The molecule has 0 spiro atoms. The second-order valence-corrected chi connectivity index (χ2v) is 6.25. The fourth-order valence-electron chi connectivity index (χ4n) is 2.29. The van der Waals surface area contributed by atoms with Gasteiger partial charge in [0.1, 0.15) is 24.7 Å². The lowest BCUT2D eigenvalue weighted by Gasteiger charge is -2.11. The molecule has 2 N–H and O–H groups in total. The summed E-state index contributed by atoms with van der Waals surface area (Å²) in [7, 11) is 0. The van der Waals surface area contributed by atoms with Gasteiger partial charge in [0.2, 0.25) is 5.91 Å². The Labute approximate surface area is 166 Å². The summed E-state index contributed by atoms with van der Waals surface area (Å²) in [5.74, 6) is 1.33. The normalized spacial score (nSPS) is 10.2. The van der Waals surface area contributed by atoms with Gasteiger partial charge in [-0.25, -0.2) is 0 Å². The average molecular weight is 384 g/mol. The van der Waals surface area contributed by atoms with Crippen LogP contribution < -0.4 is 20.1 Å². The number of carbonyl (C=O) groups excluding carboxylic acids is 1. The minimum atomic E-state index is -0.140. The second kappa shape index (κ2) is 11.7. The topological polar surface area (TPSA) is 68.8 Å². The predicted molar refractivity (Wildman–Crippen MR) is 112 cm³/mol. The van der Waals surface area contributed by atoms with Crippen LogP contribution in [0.1, 0.15) is 13.8 Å². The fraction of sp³-hybridized carbons (Fsp3) is 0.318. The van der Waals surface area contributed by atoms with Crippen molar-refractivity contribution in [2.24, 2.45) is 0 Å². The van der Waals surface area contributed by atoms with Crippen molar-refractivity contribution in [3.8, 4) is 11.5 Å². The maximum absolute atomic E-state index is 12.2. The number of amides is 1. The highest BCUT2D eigenvalue weighted by molar-refractivity contribution is 5.93. The van der Waals surface area contributed by atoms with Gasteiger partial charge in [0, 0.05) is 24.0 Å². The Hall–Kier alpha value is -2.99. The van der Waals surface area contributed by atoms with E-state index in [2.05, 4.69) is 17.2 Å². The number of nitrogens with one attached hydrogen (secondary N) is 2. The van der Waals surface area contributed by atoms with Gasteiger partial charge < -0.3 is 24.8 Å². The van der Waals surface area contributed by atoms with Crippen LogP contribution >= 0.6 is 0 Å². The molecule has 150 valence electrons. The third-order valence-electron chi connectivity index (χ3n) is 3.61. The lowest BCUT2D eigenvalue weighted by Crippen LogP contribution is -2.21. The van der Waals surface area contributed by atoms with Gasteiger partial charge in [-0.3, -0.25) is 4.79 Å². The number of benzene rings is 2. The van der Waals surface area contributed by atoms with Gasteiger partial charge in [-0.2, -0.15) is 0 Å². The van der Waals surface area contributed by atoms with E-state index < -0.39 is 0 Å². The van der Waals surface area contributed by atoms with Crippen LogP contribution in [0.25, 0.3) is 0 Å². The van der Waals surface area contributed by atoms with Gasteiger partial charge in [-0.15, -0.1) is 0 Å². The maximum Gasteiger partial charge on any atom is 0.243 e. The van der Waals surface area contributed by atoms with E-state index in [0.29, 0.717) is 32.1 Å². The van der Waals surface area contributed by atoms with Crippen LogP contribution in [-0.2, 0) is 9.53 Å². The Morgan fingerprint density at radius 3 is 2.50 bits per heavy atom. The van der Waals surface area contributed by atoms with Crippen molar-refractivity contribution >= 4 is 17.3 Å². The predicted octanol–water partition coefficient (Wildman–Crippen LogP) is 4.11. The summed E-state index contributed by atoms with van der Waals surface area (Å²) in [6.45, 7) is 9.99. The van der Waals surface area contributed by atoms with E-state index in [9.17, 15) is 4.79 Å². The minimum Gasteiger partial charge on any atom is -0.491 e. The molecular formula is C22H28N2O4. The van der Waals surface area contributed by atoms with E-state index in [1.807, 2.05) is 50.2 Å². The van der Waals surface area contributed by atoms with Gasteiger partial charge in [0.05, 0.1) is 13.2 Å². The Bertz CT molecular complexity index is 759. The molecule has 0 saturated carbocycles. The quantitative estimate of drug-likeness (QED) is 0.426. The maximum atomic E-state index is 12.2. The van der Waals surface area contributed by atoms with Crippen molar-refractivity contribution in [3.05, 3.63) is 60.7 Å². The van der Waals surface area contributed by atoms with Gasteiger partial charge in [0.15, 0.2) is 0 Å². The number of ether oxygens (including phenoxy) is 3. The van der Waals surface area contributed by atoms with Crippen molar-refractivity contribution in [1.82, 2.24) is 0 Å². The van der Waals surface area contributed by atoms with E-state index >= 15 is 0 Å². The van der Waals surface area contributed by atoms with Gasteiger partial charge >= 0.3 is 0 Å². The largest absolute Gasteiger partial charge is 0.491 e. The molecule has 0 bridgehead atoms. The average Bonchev–Trinajstić information content (AvgIpc) is 2.69. The first-order valence-electron chi connectivity index (χ1n) is 9.28. The molecule has 0 heterocycles. The molecule has 6 nitrogen and oxygen atoms in total. The number of carbonyl (C=O) groups is 1. The van der Waals surface area contributed by atoms with Crippen molar-refractivity contribution in [2.45, 2.75) is 13.8 Å². The van der Waals surface area contributed by atoms with Crippen LogP contribution in [-0.4, -0.2) is 38.9 Å². The fourth-order valence-corrected chi connectivity index (χ4v) is 2.29. The number of hydrogen-bond donors (Lipinski definition) is 2. The Morgan fingerprint density at radius 1 is 1.00 bits per heavy atom. The monoisotopic (exact) mass is 384 g/mol. The standard InChI is InChI=1S/C22H28N2O4/c1-4-26-12-13-27-21-7-5-6-19(14-21)23-15-22(25)24-18-8-10-20(11-9-18)28-16-17(2)3/h5-11,14,23H,2,4,12-13,15-16H2,1,3H3,(H,24,25). The third-order valence-corrected chi connectivity index (χ3v) is 3.61. The van der Waals surface area contributed by atoms with Gasteiger partial charge in [-0.1, -0.05) is 12.6 Å². The second-order valence-electron chi connectivity index (χ2n) is 6.25. The zero-order valence-corrected chi connectivity index (χ0v) is 16.5. The van der Waals surface area contributed by atoms with E-state index in [0.717, 1.165) is 22.8 Å². The number of anilines is 2. The summed E-state index contributed by atoms with van der Waals surface area (Å²) in [5.41, 5.74) is 2.47. The molecule has 0 aromatic heterocycles. The molecule has 0 saturated heterocycles. The summed E-state index contributed by atoms with van der Waals surface area (Å²) < 4.78 is 16.4. The van der Waals surface area contributed by atoms with Crippen molar-refractivity contribution in [1.29, 1.82) is 0 Å². The van der Waals surface area contributed by atoms with E-state index in [4.69, 9.17) is 14.2 Å². The Balaban J connectivity index is 1.76. The first-order valence-corrected chi connectivity index (χ1v) is 9.28. The summed E-state index contributed by atoms with van der Waals surface area (Å²) in [5, 5.41) is 5.94. The van der Waals surface area contributed by atoms with Gasteiger partial charge in [0.25, 0.3) is 0 Å². The minimum absolute atomic E-state index is 0.140. The lowest BCUT2D eigenvalue weighted by molar-refractivity contribution is -0.114. The number of rotatable bonds is 12. The van der Waals surface area contributed by atoms with E-state index in [-0.39, 0.29) is 12.5 Å². The molecular weight excluding hydrogens is 356 g/mol. The van der Waals surface area contributed by atoms with E-state index in [1.54, 1.807) is 12.1 Å². The molecule has 0 aliphatic carbocycles. The molecule has 0 unspecified atom stereocenters. The highest BCUT2D eigenvalue weighted by atomic mass is 16.5. The van der Waals surface area contributed by atoms with Crippen molar-refractivity contribution < 1.29 is 19.0 Å². The molecule has 2 aromatic rings. The van der Waals surface area contributed by atoms with Crippen LogP contribution in [0.2, 0.25) is 0 Å². The first kappa shape index (κ1) is 21.3. The summed E-state index contributed by atoms with van der Waals surface area (Å²) in [4.78, 5) is 12.2. The molecule has 1 amide bonds. The molecule has 6 heteroatoms. The summed E-state index contributed by atoms with van der Waals surface area (Å²) in [6, 6.07) is 14.7. The van der Waals surface area contributed by atoms with Crippen LogP contribution in [0.5, 0.6) is 11.5 Å². The van der Waals surface area contributed by atoms with Crippen LogP contribution in [0.4, 0.5) is 11.4 Å². The Morgan fingerprint density at radius 2 is 1.79 bits per heavy atom. The smallest absolute Gasteiger partial charge is 0.243 e.